The number of furan rings is 1. The van der Waals surface area contributed by atoms with Crippen molar-refractivity contribution in [3.05, 3.63) is 76.2 Å². The van der Waals surface area contributed by atoms with Crippen molar-refractivity contribution < 1.29 is 28.3 Å². The molecule has 1 aromatic heterocycles. The van der Waals surface area contributed by atoms with Crippen LogP contribution in [-0.2, 0) is 23.9 Å². The van der Waals surface area contributed by atoms with Crippen molar-refractivity contribution >= 4 is 35.3 Å². The van der Waals surface area contributed by atoms with E-state index in [-0.39, 0.29) is 36.7 Å². The largest absolute Gasteiger partial charge is 0.468 e. The van der Waals surface area contributed by atoms with Crippen LogP contribution in [0.4, 0.5) is 0 Å². The third-order valence-electron chi connectivity index (χ3n) is 4.92. The van der Waals surface area contributed by atoms with E-state index in [1.54, 1.807) is 26.0 Å². The monoisotopic (exact) mass is 495 g/mol. The predicted octanol–water partition coefficient (Wildman–Crippen LogP) is 3.09. The molecule has 0 aliphatic carbocycles. The first-order chi connectivity index (χ1) is 17.0. The fourth-order valence-electron chi connectivity index (χ4n) is 3.47. The molecule has 2 aromatic rings. The average Bonchev–Trinajstić information content (AvgIpc) is 3.40. The number of nitrogens with zero attached hydrogens (tertiary/aromatic N) is 1. The first kappa shape index (κ1) is 25.6. The molecule has 0 radical (unpaired) electrons. The molecule has 182 valence electrons. The maximum absolute atomic E-state index is 13.1. The predicted molar refractivity (Wildman–Crippen MR) is 129 cm³/mol. The van der Waals surface area contributed by atoms with E-state index in [9.17, 15) is 19.6 Å². The van der Waals surface area contributed by atoms with Crippen molar-refractivity contribution in [1.82, 2.24) is 10.6 Å². The van der Waals surface area contributed by atoms with Crippen LogP contribution < -0.4 is 10.6 Å². The highest BCUT2D eigenvalue weighted by atomic mass is 32.2. The zero-order chi connectivity index (χ0) is 25.2. The van der Waals surface area contributed by atoms with Crippen LogP contribution in [0.25, 0.3) is 5.70 Å². The van der Waals surface area contributed by atoms with Crippen molar-refractivity contribution in [2.75, 3.05) is 25.5 Å². The van der Waals surface area contributed by atoms with Gasteiger partial charge in [0.25, 0.3) is 0 Å². The number of benzene rings is 1. The second kappa shape index (κ2) is 12.5. The van der Waals surface area contributed by atoms with Gasteiger partial charge in [-0.05, 0) is 31.5 Å². The number of hydrogen-bond donors (Lipinski definition) is 2. The Balaban J connectivity index is 1.98. The zero-order valence-corrected chi connectivity index (χ0v) is 20.1. The van der Waals surface area contributed by atoms with Crippen LogP contribution >= 0.6 is 11.8 Å². The van der Waals surface area contributed by atoms with E-state index in [2.05, 4.69) is 16.7 Å². The smallest absolute Gasteiger partial charge is 0.337 e. The second-order valence-electron chi connectivity index (χ2n) is 7.17. The Labute approximate surface area is 207 Å². The topological polar surface area (TPSA) is 131 Å². The van der Waals surface area contributed by atoms with Gasteiger partial charge >= 0.3 is 11.9 Å². The summed E-state index contributed by atoms with van der Waals surface area (Å²) in [6.07, 6.45) is 1.47. The normalized spacial score (nSPS) is 15.2. The number of rotatable bonds is 10. The lowest BCUT2D eigenvalue weighted by Crippen LogP contribution is -2.33. The molecule has 10 heteroatoms. The number of carbonyl (C=O) groups is 3. The first-order valence-corrected chi connectivity index (χ1v) is 11.9. The van der Waals surface area contributed by atoms with Gasteiger partial charge in [-0.25, -0.2) is 4.79 Å². The summed E-state index contributed by atoms with van der Waals surface area (Å²) in [5.74, 6) is -2.05. The third-order valence-corrected chi connectivity index (χ3v) is 5.94. The summed E-state index contributed by atoms with van der Waals surface area (Å²) in [4.78, 5) is 37.0. The molecule has 2 N–H and O–H groups in total. The zero-order valence-electron chi connectivity index (χ0n) is 19.3. The molecular weight excluding hydrogens is 470 g/mol. The van der Waals surface area contributed by atoms with Crippen molar-refractivity contribution in [2.24, 2.45) is 0 Å². The van der Waals surface area contributed by atoms with E-state index in [1.807, 2.05) is 30.3 Å². The standard InChI is InChI=1S/C25H25N3O6S/c1-3-32-20(30)14-27-19(29)15-35-24-17(13-26)21(18-11-8-12-34-18)22(25(31)33-4-2)23(28-24)16-9-6-5-7-10-16/h5-12,21,28H,3-4,14-15H2,1-2H3,(H,27,29)/t21-/m1/s1. The van der Waals surface area contributed by atoms with Crippen LogP contribution in [0.1, 0.15) is 31.1 Å². The van der Waals surface area contributed by atoms with Crippen LogP contribution in [0.5, 0.6) is 0 Å². The minimum Gasteiger partial charge on any atom is -0.468 e. The van der Waals surface area contributed by atoms with Gasteiger partial charge in [0.2, 0.25) is 5.91 Å². The van der Waals surface area contributed by atoms with Crippen molar-refractivity contribution in [3.8, 4) is 6.07 Å². The van der Waals surface area contributed by atoms with Crippen molar-refractivity contribution in [1.29, 1.82) is 5.26 Å². The Morgan fingerprint density at radius 2 is 1.86 bits per heavy atom. The molecule has 1 atom stereocenters. The maximum atomic E-state index is 13.1. The molecule has 0 bridgehead atoms. The number of amides is 1. The molecule has 0 fully saturated rings. The van der Waals surface area contributed by atoms with Gasteiger partial charge in [0.05, 0.1) is 59.1 Å². The lowest BCUT2D eigenvalue weighted by Gasteiger charge is -2.29. The summed E-state index contributed by atoms with van der Waals surface area (Å²) in [5.41, 5.74) is 1.61. The number of carbonyl (C=O) groups excluding carboxylic acids is 3. The molecule has 0 saturated carbocycles. The highest BCUT2D eigenvalue weighted by Gasteiger charge is 2.38. The molecule has 1 aliphatic rings. The lowest BCUT2D eigenvalue weighted by molar-refractivity contribution is -0.143. The Hall–Kier alpha value is -3.97. The fraction of sp³-hybridized carbons (Fsp3) is 0.280. The highest BCUT2D eigenvalue weighted by Crippen LogP contribution is 2.43. The quantitative estimate of drug-likeness (QED) is 0.477. The molecule has 35 heavy (non-hydrogen) atoms. The summed E-state index contributed by atoms with van der Waals surface area (Å²) in [6, 6.07) is 14.7. The van der Waals surface area contributed by atoms with E-state index >= 15 is 0 Å². The van der Waals surface area contributed by atoms with Gasteiger partial charge in [-0.15, -0.1) is 0 Å². The summed E-state index contributed by atoms with van der Waals surface area (Å²) in [5, 5.41) is 16.1. The molecule has 1 aromatic carbocycles. The molecule has 1 aliphatic heterocycles. The Kier molecular flexibility index (Phi) is 9.15. The number of esters is 2. The number of ether oxygens (including phenoxy) is 2. The summed E-state index contributed by atoms with van der Waals surface area (Å²) in [6.45, 7) is 3.51. The van der Waals surface area contributed by atoms with Gasteiger partial charge in [-0.3, -0.25) is 9.59 Å². The minimum absolute atomic E-state index is 0.0748. The van der Waals surface area contributed by atoms with Gasteiger partial charge in [0.15, 0.2) is 0 Å². The van der Waals surface area contributed by atoms with E-state index in [1.165, 1.54) is 6.26 Å². The van der Waals surface area contributed by atoms with Gasteiger partial charge in [-0.2, -0.15) is 5.26 Å². The molecule has 2 heterocycles. The third kappa shape index (κ3) is 6.33. The van der Waals surface area contributed by atoms with E-state index < -0.39 is 23.8 Å². The molecule has 0 spiro atoms. The van der Waals surface area contributed by atoms with Gasteiger partial charge < -0.3 is 24.5 Å². The van der Waals surface area contributed by atoms with Crippen LogP contribution in [0.3, 0.4) is 0 Å². The number of nitriles is 1. The lowest BCUT2D eigenvalue weighted by atomic mass is 9.84. The van der Waals surface area contributed by atoms with Gasteiger partial charge in [0.1, 0.15) is 12.3 Å². The Morgan fingerprint density at radius 3 is 2.49 bits per heavy atom. The number of dihydropyridines is 1. The van der Waals surface area contributed by atoms with Gasteiger partial charge in [-0.1, -0.05) is 42.1 Å². The molecule has 1 amide bonds. The molecule has 9 nitrogen and oxygen atoms in total. The summed E-state index contributed by atoms with van der Waals surface area (Å²) in [7, 11) is 0. The van der Waals surface area contributed by atoms with Crippen LogP contribution in [0, 0.1) is 11.3 Å². The average molecular weight is 496 g/mol. The molecule has 0 unspecified atom stereocenters. The second-order valence-corrected chi connectivity index (χ2v) is 8.16. The van der Waals surface area contributed by atoms with Crippen LogP contribution in [-0.4, -0.2) is 43.4 Å². The Morgan fingerprint density at radius 1 is 1.11 bits per heavy atom. The summed E-state index contributed by atoms with van der Waals surface area (Å²) >= 11 is 1.08. The van der Waals surface area contributed by atoms with E-state index in [4.69, 9.17) is 13.9 Å². The Bertz CT molecular complexity index is 1170. The van der Waals surface area contributed by atoms with Crippen molar-refractivity contribution in [2.45, 2.75) is 19.8 Å². The highest BCUT2D eigenvalue weighted by molar-refractivity contribution is 8.03. The summed E-state index contributed by atoms with van der Waals surface area (Å²) < 4.78 is 15.8. The maximum Gasteiger partial charge on any atom is 0.337 e. The molecular formula is C25H25N3O6S. The van der Waals surface area contributed by atoms with Gasteiger partial charge in [0, 0.05) is 0 Å². The fourth-order valence-corrected chi connectivity index (χ4v) is 4.34. The number of nitrogens with one attached hydrogen (secondary N) is 2. The SMILES string of the molecule is CCOC(=O)CNC(=O)CSC1=C(C#N)[C@H](c2ccco2)C(C(=O)OCC)=C(c2ccccc2)N1. The van der Waals surface area contributed by atoms with Crippen molar-refractivity contribution in [3.63, 3.8) is 0 Å². The first-order valence-electron chi connectivity index (χ1n) is 11.0. The number of allylic oxidation sites excluding steroid dienone is 1. The number of hydrogen-bond acceptors (Lipinski definition) is 9. The number of thioether (sulfide) groups is 1. The van der Waals surface area contributed by atoms with Crippen LogP contribution in [0.15, 0.2) is 69.3 Å². The van der Waals surface area contributed by atoms with E-state index in [0.29, 0.717) is 22.0 Å². The van der Waals surface area contributed by atoms with Crippen LogP contribution in [0.2, 0.25) is 0 Å². The van der Waals surface area contributed by atoms with E-state index in [0.717, 1.165) is 11.8 Å². The minimum atomic E-state index is -0.837. The molecule has 0 saturated heterocycles. The molecule has 3 rings (SSSR count).